The van der Waals surface area contributed by atoms with Crippen LogP contribution in [0.4, 0.5) is 13.2 Å². The third-order valence-corrected chi connectivity index (χ3v) is 4.40. The SMILES string of the molecule is O=C(CCc1cccs1)c1ccc(Br)c(C(F)(F)F)c1. The predicted octanol–water partition coefficient (Wildman–Crippen LogP) is 5.34. The summed E-state index contributed by atoms with van der Waals surface area (Å²) in [7, 11) is 0. The summed E-state index contributed by atoms with van der Waals surface area (Å²) in [5, 5.41) is 1.90. The highest BCUT2D eigenvalue weighted by atomic mass is 79.9. The first kappa shape index (κ1) is 15.3. The van der Waals surface area contributed by atoms with Crippen LogP contribution in [0.3, 0.4) is 0 Å². The van der Waals surface area contributed by atoms with Gasteiger partial charge < -0.3 is 0 Å². The molecule has 0 bridgehead atoms. The van der Waals surface area contributed by atoms with E-state index in [1.165, 1.54) is 23.5 Å². The van der Waals surface area contributed by atoms with E-state index < -0.39 is 11.7 Å². The summed E-state index contributed by atoms with van der Waals surface area (Å²) >= 11 is 4.39. The molecule has 20 heavy (non-hydrogen) atoms. The third-order valence-electron chi connectivity index (χ3n) is 2.77. The van der Waals surface area contributed by atoms with Crippen molar-refractivity contribution in [2.45, 2.75) is 19.0 Å². The number of hydrogen-bond acceptors (Lipinski definition) is 2. The van der Waals surface area contributed by atoms with Crippen LogP contribution in [0.1, 0.15) is 27.2 Å². The van der Waals surface area contributed by atoms with Crippen molar-refractivity contribution < 1.29 is 18.0 Å². The molecule has 0 saturated carbocycles. The zero-order valence-electron chi connectivity index (χ0n) is 10.2. The van der Waals surface area contributed by atoms with E-state index in [0.29, 0.717) is 6.42 Å². The average Bonchev–Trinajstić information content (AvgIpc) is 2.88. The fourth-order valence-electron chi connectivity index (χ4n) is 1.75. The maximum atomic E-state index is 12.8. The summed E-state index contributed by atoms with van der Waals surface area (Å²) in [4.78, 5) is 13.0. The van der Waals surface area contributed by atoms with E-state index in [9.17, 15) is 18.0 Å². The molecule has 0 atom stereocenters. The van der Waals surface area contributed by atoms with Crippen LogP contribution in [0, 0.1) is 0 Å². The van der Waals surface area contributed by atoms with E-state index in [4.69, 9.17) is 0 Å². The van der Waals surface area contributed by atoms with E-state index in [1.807, 2.05) is 17.5 Å². The molecule has 1 aromatic carbocycles. The normalized spacial score (nSPS) is 11.6. The predicted molar refractivity (Wildman–Crippen MR) is 76.1 cm³/mol. The van der Waals surface area contributed by atoms with Crippen LogP contribution < -0.4 is 0 Å². The Morgan fingerprint density at radius 1 is 1.25 bits per heavy atom. The van der Waals surface area contributed by atoms with Gasteiger partial charge in [-0.05, 0) is 30.0 Å². The number of rotatable bonds is 4. The number of benzene rings is 1. The molecule has 0 fully saturated rings. The van der Waals surface area contributed by atoms with Gasteiger partial charge in [-0.3, -0.25) is 4.79 Å². The molecule has 2 rings (SSSR count). The topological polar surface area (TPSA) is 17.1 Å². The van der Waals surface area contributed by atoms with Crippen molar-refractivity contribution in [1.29, 1.82) is 0 Å². The number of carbonyl (C=O) groups excluding carboxylic acids is 1. The quantitative estimate of drug-likeness (QED) is 0.670. The number of hydrogen-bond donors (Lipinski definition) is 0. The Balaban J connectivity index is 2.14. The van der Waals surface area contributed by atoms with Crippen molar-refractivity contribution in [3.8, 4) is 0 Å². The Kier molecular flexibility index (Phi) is 4.65. The highest BCUT2D eigenvalue weighted by Gasteiger charge is 2.33. The molecule has 1 heterocycles. The van der Waals surface area contributed by atoms with Gasteiger partial charge in [-0.1, -0.05) is 28.1 Å². The van der Waals surface area contributed by atoms with Crippen LogP contribution in [0.15, 0.2) is 40.2 Å². The summed E-state index contributed by atoms with van der Waals surface area (Å²) in [6.45, 7) is 0. The van der Waals surface area contributed by atoms with E-state index >= 15 is 0 Å². The molecule has 0 aliphatic carbocycles. The Bertz CT molecular complexity index is 605. The smallest absolute Gasteiger partial charge is 0.294 e. The van der Waals surface area contributed by atoms with Gasteiger partial charge >= 0.3 is 6.18 Å². The molecule has 0 radical (unpaired) electrons. The molecule has 0 aliphatic rings. The number of halogens is 4. The Morgan fingerprint density at radius 3 is 2.60 bits per heavy atom. The van der Waals surface area contributed by atoms with Crippen molar-refractivity contribution in [3.05, 3.63) is 56.2 Å². The Morgan fingerprint density at radius 2 is 2.00 bits per heavy atom. The van der Waals surface area contributed by atoms with Gasteiger partial charge in [-0.2, -0.15) is 13.2 Å². The fraction of sp³-hybridized carbons (Fsp3) is 0.214. The molecule has 0 N–H and O–H groups in total. The first-order valence-corrected chi connectivity index (χ1v) is 7.47. The lowest BCUT2D eigenvalue weighted by atomic mass is 10.0. The number of ketones is 1. The first-order chi connectivity index (χ1) is 9.38. The van der Waals surface area contributed by atoms with Crippen LogP contribution in [0.2, 0.25) is 0 Å². The van der Waals surface area contributed by atoms with Crippen molar-refractivity contribution >= 4 is 33.0 Å². The maximum absolute atomic E-state index is 12.8. The van der Waals surface area contributed by atoms with Crippen molar-refractivity contribution in [2.24, 2.45) is 0 Å². The summed E-state index contributed by atoms with van der Waals surface area (Å²) in [6.07, 6.45) is -3.71. The van der Waals surface area contributed by atoms with Gasteiger partial charge in [0.2, 0.25) is 0 Å². The highest BCUT2D eigenvalue weighted by molar-refractivity contribution is 9.10. The van der Waals surface area contributed by atoms with Gasteiger partial charge in [0.1, 0.15) is 0 Å². The standard InChI is InChI=1S/C14H10BrF3OS/c15-12-5-3-9(8-11(12)14(16,17)18)13(19)6-4-10-2-1-7-20-10/h1-3,5,7-8H,4,6H2. The molecule has 0 aliphatic heterocycles. The number of thiophene rings is 1. The molecule has 1 nitrogen and oxygen atoms in total. The molecule has 0 saturated heterocycles. The van der Waals surface area contributed by atoms with E-state index in [2.05, 4.69) is 15.9 Å². The minimum absolute atomic E-state index is 0.0557. The minimum atomic E-state index is -4.47. The zero-order chi connectivity index (χ0) is 14.8. The number of Topliss-reactive ketones (excluding diaryl/α,β-unsaturated/α-hetero) is 1. The van der Waals surface area contributed by atoms with Crippen LogP contribution in [-0.2, 0) is 12.6 Å². The molecule has 2 aromatic rings. The Labute approximate surface area is 126 Å². The van der Waals surface area contributed by atoms with Crippen LogP contribution in [-0.4, -0.2) is 5.78 Å². The van der Waals surface area contributed by atoms with Gasteiger partial charge in [0.15, 0.2) is 5.78 Å². The lowest BCUT2D eigenvalue weighted by Crippen LogP contribution is -2.09. The van der Waals surface area contributed by atoms with E-state index in [1.54, 1.807) is 0 Å². The first-order valence-electron chi connectivity index (χ1n) is 5.80. The van der Waals surface area contributed by atoms with Crippen LogP contribution in [0.5, 0.6) is 0 Å². The second-order valence-electron chi connectivity index (χ2n) is 4.19. The molecule has 1 aromatic heterocycles. The largest absolute Gasteiger partial charge is 0.417 e. The molecule has 6 heteroatoms. The van der Waals surface area contributed by atoms with Gasteiger partial charge in [-0.15, -0.1) is 11.3 Å². The molecule has 0 spiro atoms. The van der Waals surface area contributed by atoms with Gasteiger partial charge in [-0.25, -0.2) is 0 Å². The number of carbonyl (C=O) groups is 1. The monoisotopic (exact) mass is 362 g/mol. The molecule has 106 valence electrons. The molecule has 0 amide bonds. The van der Waals surface area contributed by atoms with Crippen molar-refractivity contribution in [2.75, 3.05) is 0 Å². The van der Waals surface area contributed by atoms with Crippen LogP contribution in [0.25, 0.3) is 0 Å². The molecule has 0 unspecified atom stereocenters. The fourth-order valence-corrected chi connectivity index (χ4v) is 2.93. The van der Waals surface area contributed by atoms with E-state index in [0.717, 1.165) is 10.9 Å². The average molecular weight is 363 g/mol. The lowest BCUT2D eigenvalue weighted by Gasteiger charge is -2.10. The van der Waals surface area contributed by atoms with Gasteiger partial charge in [0.25, 0.3) is 0 Å². The zero-order valence-corrected chi connectivity index (χ0v) is 12.6. The van der Waals surface area contributed by atoms with Crippen molar-refractivity contribution in [3.63, 3.8) is 0 Å². The summed E-state index contributed by atoms with van der Waals surface area (Å²) < 4.78 is 38.2. The summed E-state index contributed by atoms with van der Waals surface area (Å²) in [5.74, 6) is -0.281. The molecular weight excluding hydrogens is 353 g/mol. The van der Waals surface area contributed by atoms with Gasteiger partial charge in [0.05, 0.1) is 5.56 Å². The number of aryl methyl sites for hydroxylation is 1. The molecular formula is C14H10BrF3OS. The second-order valence-corrected chi connectivity index (χ2v) is 6.08. The van der Waals surface area contributed by atoms with E-state index in [-0.39, 0.29) is 22.2 Å². The van der Waals surface area contributed by atoms with Crippen molar-refractivity contribution in [1.82, 2.24) is 0 Å². The summed E-state index contributed by atoms with van der Waals surface area (Å²) in [5.41, 5.74) is -0.725. The lowest BCUT2D eigenvalue weighted by molar-refractivity contribution is -0.138. The minimum Gasteiger partial charge on any atom is -0.294 e. The highest BCUT2D eigenvalue weighted by Crippen LogP contribution is 2.35. The number of alkyl halides is 3. The summed E-state index contributed by atoms with van der Waals surface area (Å²) in [6, 6.07) is 7.37. The Hall–Kier alpha value is -1.14. The van der Waals surface area contributed by atoms with Gasteiger partial charge in [0, 0.05) is 21.3 Å². The van der Waals surface area contributed by atoms with Crippen LogP contribution >= 0.6 is 27.3 Å². The maximum Gasteiger partial charge on any atom is 0.417 e. The second kappa shape index (κ2) is 6.10. The third kappa shape index (κ3) is 3.70.